The molecule has 0 aliphatic carbocycles. The lowest BCUT2D eigenvalue weighted by Crippen LogP contribution is -2.24. The van der Waals surface area contributed by atoms with Crippen LogP contribution in [0, 0.1) is 19.3 Å². The van der Waals surface area contributed by atoms with Gasteiger partial charge in [0.05, 0.1) is 0 Å². The van der Waals surface area contributed by atoms with E-state index in [4.69, 9.17) is 0 Å². The molecule has 0 aliphatic rings. The van der Waals surface area contributed by atoms with Gasteiger partial charge in [-0.3, -0.25) is 0 Å². The Labute approximate surface area is 109 Å². The van der Waals surface area contributed by atoms with Gasteiger partial charge in [0.1, 0.15) is 0 Å². The van der Waals surface area contributed by atoms with Gasteiger partial charge in [0.2, 0.25) is 0 Å². The maximum atomic E-state index is 11.6. The first kappa shape index (κ1) is 14.3. The molecule has 0 spiro atoms. The number of carbonyl (C=O) groups excluding carboxylic acids is 1. The van der Waals surface area contributed by atoms with E-state index in [0.29, 0.717) is 0 Å². The molecule has 18 heavy (non-hydrogen) atoms. The molecule has 1 aromatic rings. The summed E-state index contributed by atoms with van der Waals surface area (Å²) in [4.78, 5) is 11.6. The molecule has 0 aliphatic heterocycles. The van der Waals surface area contributed by atoms with Crippen molar-refractivity contribution in [3.63, 3.8) is 0 Å². The van der Waals surface area contributed by atoms with Crippen molar-refractivity contribution in [2.24, 2.45) is 5.41 Å². The minimum Gasteiger partial charge on any atom is -0.315 e. The van der Waals surface area contributed by atoms with Gasteiger partial charge >= 0.3 is 6.03 Å². The number of allylic oxidation sites excluding steroid dienone is 1. The number of hydrogen-bond acceptors (Lipinski definition) is 1. The van der Waals surface area contributed by atoms with E-state index in [2.05, 4.69) is 31.4 Å². The van der Waals surface area contributed by atoms with Crippen molar-refractivity contribution in [3.8, 4) is 0 Å². The summed E-state index contributed by atoms with van der Waals surface area (Å²) in [5, 5.41) is 5.49. The van der Waals surface area contributed by atoms with Gasteiger partial charge in [-0.15, -0.1) is 0 Å². The van der Waals surface area contributed by atoms with Crippen LogP contribution in [-0.4, -0.2) is 6.03 Å². The minimum atomic E-state index is -0.223. The molecular weight excluding hydrogens is 224 g/mol. The van der Waals surface area contributed by atoms with Crippen molar-refractivity contribution < 1.29 is 4.79 Å². The van der Waals surface area contributed by atoms with Crippen LogP contribution in [0.3, 0.4) is 0 Å². The molecule has 1 rings (SSSR count). The smallest absolute Gasteiger partial charge is 0.315 e. The quantitative estimate of drug-likeness (QED) is 0.814. The van der Waals surface area contributed by atoms with Crippen molar-refractivity contribution in [2.45, 2.75) is 34.6 Å². The zero-order valence-corrected chi connectivity index (χ0v) is 11.8. The molecule has 98 valence electrons. The van der Waals surface area contributed by atoms with Crippen LogP contribution in [0.15, 0.2) is 30.5 Å². The van der Waals surface area contributed by atoms with Crippen LogP contribution >= 0.6 is 0 Å². The molecule has 0 unspecified atom stereocenters. The number of anilines is 1. The number of aryl methyl sites for hydroxylation is 2. The second-order valence-corrected chi connectivity index (χ2v) is 5.60. The predicted octanol–water partition coefficient (Wildman–Crippen LogP) is 3.98. The normalized spacial score (nSPS) is 11.6. The lowest BCUT2D eigenvalue weighted by molar-refractivity contribution is 0.255. The molecule has 1 aromatic carbocycles. The zero-order chi connectivity index (χ0) is 13.8. The maximum Gasteiger partial charge on any atom is 0.323 e. The van der Waals surface area contributed by atoms with Crippen LogP contribution in [0.25, 0.3) is 0 Å². The van der Waals surface area contributed by atoms with E-state index in [9.17, 15) is 4.79 Å². The first-order valence-corrected chi connectivity index (χ1v) is 6.10. The monoisotopic (exact) mass is 246 g/mol. The standard InChI is InChI=1S/C15H22N2O/c1-11-6-7-13(10-12(11)2)17-14(18)16-9-8-15(3,4)5/h6-10H,1-5H3,(H2,16,17,18)/b9-8+. The molecule has 0 bridgehead atoms. The predicted molar refractivity (Wildman–Crippen MR) is 76.7 cm³/mol. The third kappa shape index (κ3) is 5.04. The van der Waals surface area contributed by atoms with E-state index in [0.717, 1.165) is 11.3 Å². The van der Waals surface area contributed by atoms with Crippen molar-refractivity contribution in [3.05, 3.63) is 41.6 Å². The molecule has 0 saturated heterocycles. The maximum absolute atomic E-state index is 11.6. The van der Waals surface area contributed by atoms with Gasteiger partial charge in [-0.2, -0.15) is 0 Å². The molecule has 0 heterocycles. The lowest BCUT2D eigenvalue weighted by atomic mass is 9.97. The highest BCUT2D eigenvalue weighted by molar-refractivity contribution is 5.89. The van der Waals surface area contributed by atoms with Gasteiger partial charge in [-0.25, -0.2) is 4.79 Å². The van der Waals surface area contributed by atoms with Crippen LogP contribution in [0.2, 0.25) is 0 Å². The van der Waals surface area contributed by atoms with E-state index in [-0.39, 0.29) is 11.4 Å². The number of nitrogens with one attached hydrogen (secondary N) is 2. The summed E-state index contributed by atoms with van der Waals surface area (Å²) in [6.07, 6.45) is 3.63. The Hall–Kier alpha value is -1.77. The number of rotatable bonds is 2. The molecule has 3 nitrogen and oxygen atoms in total. The molecule has 3 heteroatoms. The fourth-order valence-electron chi connectivity index (χ4n) is 1.35. The highest BCUT2D eigenvalue weighted by Crippen LogP contribution is 2.15. The Morgan fingerprint density at radius 3 is 2.39 bits per heavy atom. The van der Waals surface area contributed by atoms with Gasteiger partial charge in [0.25, 0.3) is 0 Å². The molecule has 0 atom stereocenters. The van der Waals surface area contributed by atoms with Gasteiger partial charge < -0.3 is 10.6 Å². The number of hydrogen-bond donors (Lipinski definition) is 2. The van der Waals surface area contributed by atoms with Crippen LogP contribution in [0.5, 0.6) is 0 Å². The highest BCUT2D eigenvalue weighted by atomic mass is 16.2. The summed E-state index contributed by atoms with van der Waals surface area (Å²) in [7, 11) is 0. The van der Waals surface area contributed by atoms with Crippen LogP contribution in [-0.2, 0) is 0 Å². The number of amides is 2. The van der Waals surface area contributed by atoms with E-state index >= 15 is 0 Å². The van der Waals surface area contributed by atoms with E-state index in [1.165, 1.54) is 5.56 Å². The molecule has 0 radical (unpaired) electrons. The summed E-state index contributed by atoms with van der Waals surface area (Å²) in [5.41, 5.74) is 3.25. The van der Waals surface area contributed by atoms with E-state index in [1.807, 2.05) is 38.1 Å². The molecule has 2 amide bonds. The molecule has 0 aromatic heterocycles. The van der Waals surface area contributed by atoms with Crippen molar-refractivity contribution >= 4 is 11.7 Å². The Balaban J connectivity index is 2.55. The molecule has 2 N–H and O–H groups in total. The fraction of sp³-hybridized carbons (Fsp3) is 0.400. The molecular formula is C15H22N2O. The van der Waals surface area contributed by atoms with Crippen molar-refractivity contribution in [2.75, 3.05) is 5.32 Å². The first-order chi connectivity index (χ1) is 8.28. The average molecular weight is 246 g/mol. The van der Waals surface area contributed by atoms with Crippen LogP contribution < -0.4 is 10.6 Å². The Morgan fingerprint density at radius 1 is 1.17 bits per heavy atom. The third-order valence-electron chi connectivity index (χ3n) is 2.56. The second-order valence-electron chi connectivity index (χ2n) is 5.60. The molecule has 0 saturated carbocycles. The largest absolute Gasteiger partial charge is 0.323 e. The van der Waals surface area contributed by atoms with E-state index < -0.39 is 0 Å². The van der Waals surface area contributed by atoms with Crippen LogP contribution in [0.4, 0.5) is 10.5 Å². The summed E-state index contributed by atoms with van der Waals surface area (Å²) in [6, 6.07) is 5.63. The van der Waals surface area contributed by atoms with Gasteiger partial charge in [0, 0.05) is 11.9 Å². The minimum absolute atomic E-state index is 0.0632. The lowest BCUT2D eigenvalue weighted by Gasteiger charge is -2.11. The number of benzene rings is 1. The first-order valence-electron chi connectivity index (χ1n) is 6.10. The van der Waals surface area contributed by atoms with Crippen molar-refractivity contribution in [1.82, 2.24) is 5.32 Å². The second kappa shape index (κ2) is 5.71. The Bertz CT molecular complexity index is 456. The topological polar surface area (TPSA) is 41.1 Å². The van der Waals surface area contributed by atoms with Crippen LogP contribution in [0.1, 0.15) is 31.9 Å². The van der Waals surface area contributed by atoms with E-state index in [1.54, 1.807) is 6.20 Å². The van der Waals surface area contributed by atoms with Gasteiger partial charge in [0.15, 0.2) is 0 Å². The SMILES string of the molecule is Cc1ccc(NC(=O)N/C=C/C(C)(C)C)cc1C. The summed E-state index contributed by atoms with van der Waals surface area (Å²) >= 11 is 0. The Kier molecular flexibility index (Phi) is 4.54. The molecule has 0 fully saturated rings. The van der Waals surface area contributed by atoms with Crippen molar-refractivity contribution in [1.29, 1.82) is 0 Å². The fourth-order valence-corrected chi connectivity index (χ4v) is 1.35. The summed E-state index contributed by atoms with van der Waals surface area (Å²) in [6.45, 7) is 10.3. The summed E-state index contributed by atoms with van der Waals surface area (Å²) in [5.74, 6) is 0. The average Bonchev–Trinajstić information content (AvgIpc) is 2.21. The summed E-state index contributed by atoms with van der Waals surface area (Å²) < 4.78 is 0. The van der Waals surface area contributed by atoms with Gasteiger partial charge in [-0.05, 0) is 42.5 Å². The number of carbonyl (C=O) groups is 1. The third-order valence-corrected chi connectivity index (χ3v) is 2.56. The highest BCUT2D eigenvalue weighted by Gasteiger charge is 2.04. The van der Waals surface area contributed by atoms with Gasteiger partial charge in [-0.1, -0.05) is 32.9 Å². The number of urea groups is 1. The Morgan fingerprint density at radius 2 is 1.83 bits per heavy atom. The zero-order valence-electron chi connectivity index (χ0n) is 11.8.